The second kappa shape index (κ2) is 12.6. The molecule has 43 heavy (non-hydrogen) atoms. The Balaban J connectivity index is 1.34. The highest BCUT2D eigenvalue weighted by Gasteiger charge is 2.33. The van der Waals surface area contributed by atoms with E-state index >= 15 is 0 Å². The molecule has 2 saturated heterocycles. The minimum absolute atomic E-state index is 0.0591. The summed E-state index contributed by atoms with van der Waals surface area (Å²) in [6.45, 7) is 3.80. The molecule has 2 fully saturated rings. The van der Waals surface area contributed by atoms with Crippen molar-refractivity contribution in [1.29, 1.82) is 0 Å². The molecule has 1 amide bonds. The van der Waals surface area contributed by atoms with Crippen molar-refractivity contribution in [3.05, 3.63) is 82.9 Å². The molecular formula is C34H37F4N3O2. The minimum atomic E-state index is -4.61. The van der Waals surface area contributed by atoms with Gasteiger partial charge >= 0.3 is 6.18 Å². The van der Waals surface area contributed by atoms with E-state index < -0.39 is 18.4 Å². The number of rotatable bonds is 6. The Morgan fingerprint density at radius 2 is 1.56 bits per heavy atom. The average Bonchev–Trinajstić information content (AvgIpc) is 3.56. The van der Waals surface area contributed by atoms with E-state index in [4.69, 9.17) is 4.74 Å². The van der Waals surface area contributed by atoms with Gasteiger partial charge in [0.2, 0.25) is 0 Å². The zero-order valence-electron chi connectivity index (χ0n) is 24.2. The number of likely N-dealkylation sites (tertiary alicyclic amines) is 1. The maximum atomic E-state index is 14.2. The third kappa shape index (κ3) is 6.51. The molecule has 6 rings (SSSR count). The van der Waals surface area contributed by atoms with Crippen LogP contribution in [0.2, 0.25) is 0 Å². The molecule has 0 saturated carbocycles. The molecule has 5 nitrogen and oxygen atoms in total. The van der Waals surface area contributed by atoms with Crippen LogP contribution in [0.15, 0.2) is 60.7 Å². The van der Waals surface area contributed by atoms with Crippen LogP contribution < -0.4 is 9.64 Å². The van der Waals surface area contributed by atoms with Gasteiger partial charge in [0.15, 0.2) is 0 Å². The van der Waals surface area contributed by atoms with E-state index in [0.717, 1.165) is 54.9 Å². The molecule has 3 aromatic rings. The van der Waals surface area contributed by atoms with Crippen molar-refractivity contribution in [3.63, 3.8) is 0 Å². The predicted molar refractivity (Wildman–Crippen MR) is 159 cm³/mol. The van der Waals surface area contributed by atoms with Crippen molar-refractivity contribution in [1.82, 2.24) is 9.80 Å². The van der Waals surface area contributed by atoms with Gasteiger partial charge in [0.25, 0.3) is 5.91 Å². The van der Waals surface area contributed by atoms with E-state index in [9.17, 15) is 22.4 Å². The van der Waals surface area contributed by atoms with Gasteiger partial charge < -0.3 is 19.4 Å². The number of halogens is 4. The van der Waals surface area contributed by atoms with Crippen molar-refractivity contribution < 1.29 is 27.1 Å². The maximum Gasteiger partial charge on any atom is 0.416 e. The van der Waals surface area contributed by atoms with Crippen LogP contribution in [0.25, 0.3) is 11.1 Å². The normalized spacial score (nSPS) is 18.7. The highest BCUT2D eigenvalue weighted by Crippen LogP contribution is 2.39. The summed E-state index contributed by atoms with van der Waals surface area (Å²) in [7, 11) is 0. The van der Waals surface area contributed by atoms with Gasteiger partial charge in [0, 0.05) is 49.5 Å². The molecule has 0 aliphatic carbocycles. The van der Waals surface area contributed by atoms with Gasteiger partial charge in [-0.2, -0.15) is 13.2 Å². The number of hydrogen-bond donors (Lipinski definition) is 0. The Labute approximate surface area is 250 Å². The fourth-order valence-corrected chi connectivity index (χ4v) is 6.72. The standard InChI is InChI=1S/C34H37F4N3O2/c35-22-24-17-25(19-27(18-24)34(36,37)38)23-41-13-6-16-43-31-21-29(40-14-9-28(10-15-40)39-11-4-5-12-39)20-30(32(31)33(41)42)26-7-2-1-3-8-26/h1-3,7-8,17-21,28H,4-6,9-16,22-23H2. The smallest absolute Gasteiger partial charge is 0.416 e. The Bertz CT molecular complexity index is 1430. The van der Waals surface area contributed by atoms with E-state index in [1.54, 1.807) is 4.90 Å². The molecule has 228 valence electrons. The lowest BCUT2D eigenvalue weighted by Crippen LogP contribution is -2.44. The topological polar surface area (TPSA) is 36.0 Å². The minimum Gasteiger partial charge on any atom is -0.493 e. The first kappa shape index (κ1) is 29.5. The first-order chi connectivity index (χ1) is 20.8. The lowest BCUT2D eigenvalue weighted by Gasteiger charge is -2.38. The zero-order valence-corrected chi connectivity index (χ0v) is 24.2. The average molecular weight is 596 g/mol. The van der Waals surface area contributed by atoms with Crippen molar-refractivity contribution in [3.8, 4) is 16.9 Å². The lowest BCUT2D eigenvalue weighted by molar-refractivity contribution is -0.137. The maximum absolute atomic E-state index is 14.2. The molecule has 3 heterocycles. The summed E-state index contributed by atoms with van der Waals surface area (Å²) in [6.07, 6.45) is 0.635. The van der Waals surface area contributed by atoms with Crippen LogP contribution >= 0.6 is 0 Å². The van der Waals surface area contributed by atoms with Crippen LogP contribution in [0.4, 0.5) is 23.2 Å². The van der Waals surface area contributed by atoms with E-state index in [1.165, 1.54) is 32.0 Å². The molecule has 3 aromatic carbocycles. The monoisotopic (exact) mass is 595 g/mol. The summed E-state index contributed by atoms with van der Waals surface area (Å²) in [4.78, 5) is 20.8. The van der Waals surface area contributed by atoms with Crippen LogP contribution in [-0.4, -0.2) is 61.1 Å². The summed E-state index contributed by atoms with van der Waals surface area (Å²) >= 11 is 0. The lowest BCUT2D eigenvalue weighted by atomic mass is 9.95. The number of benzene rings is 3. The molecule has 9 heteroatoms. The van der Waals surface area contributed by atoms with Crippen molar-refractivity contribution >= 4 is 11.6 Å². The van der Waals surface area contributed by atoms with Gasteiger partial charge in [0.1, 0.15) is 12.4 Å². The molecule has 0 atom stereocenters. The second-order valence-electron chi connectivity index (χ2n) is 11.8. The number of nitrogens with zero attached hydrogens (tertiary/aromatic N) is 3. The van der Waals surface area contributed by atoms with Gasteiger partial charge in [-0.25, -0.2) is 4.39 Å². The first-order valence-corrected chi connectivity index (χ1v) is 15.2. The van der Waals surface area contributed by atoms with Crippen molar-refractivity contribution in [2.75, 3.05) is 44.2 Å². The number of amides is 1. The van der Waals surface area contributed by atoms with Crippen LogP contribution in [0.5, 0.6) is 5.75 Å². The second-order valence-corrected chi connectivity index (χ2v) is 11.8. The number of hydrogen-bond acceptors (Lipinski definition) is 4. The third-order valence-corrected chi connectivity index (χ3v) is 8.90. The van der Waals surface area contributed by atoms with Crippen LogP contribution in [0.3, 0.4) is 0 Å². The number of anilines is 1. The van der Waals surface area contributed by atoms with Gasteiger partial charge in [-0.05, 0) is 80.1 Å². The number of alkyl halides is 4. The molecule has 0 bridgehead atoms. The SMILES string of the molecule is O=C1c2c(cc(N3CCC(N4CCCC4)CC3)cc2-c2ccccc2)OCCCN1Cc1cc(CF)cc(C(F)(F)F)c1. The summed E-state index contributed by atoms with van der Waals surface area (Å²) in [5.41, 5.74) is 2.28. The summed E-state index contributed by atoms with van der Waals surface area (Å²) in [5, 5.41) is 0. The quantitative estimate of drug-likeness (QED) is 0.280. The summed E-state index contributed by atoms with van der Waals surface area (Å²) < 4.78 is 60.4. The number of piperidine rings is 1. The highest BCUT2D eigenvalue weighted by molar-refractivity contribution is 6.04. The Hall–Kier alpha value is -3.59. The number of fused-ring (bicyclic) bond motifs is 1. The molecule has 0 N–H and O–H groups in total. The largest absolute Gasteiger partial charge is 0.493 e. The number of carbonyl (C=O) groups is 1. The Morgan fingerprint density at radius 3 is 2.26 bits per heavy atom. The Morgan fingerprint density at radius 1 is 0.837 bits per heavy atom. The molecule has 3 aliphatic rings. The van der Waals surface area contributed by atoms with Gasteiger partial charge in [-0.15, -0.1) is 0 Å². The van der Waals surface area contributed by atoms with Crippen LogP contribution in [0.1, 0.15) is 59.2 Å². The van der Waals surface area contributed by atoms with Crippen LogP contribution in [0, 0.1) is 0 Å². The fraction of sp³-hybridized carbons (Fsp3) is 0.441. The molecule has 0 spiro atoms. The Kier molecular flexibility index (Phi) is 8.61. The zero-order chi connectivity index (χ0) is 30.0. The summed E-state index contributed by atoms with van der Waals surface area (Å²) in [6, 6.07) is 17.5. The number of carbonyl (C=O) groups excluding carboxylic acids is 1. The van der Waals surface area contributed by atoms with E-state index in [1.807, 2.05) is 36.4 Å². The van der Waals surface area contributed by atoms with Crippen molar-refractivity contribution in [2.24, 2.45) is 0 Å². The van der Waals surface area contributed by atoms with Gasteiger partial charge in [0.05, 0.1) is 17.7 Å². The highest BCUT2D eigenvalue weighted by atomic mass is 19.4. The fourth-order valence-electron chi connectivity index (χ4n) is 6.72. The van der Waals surface area contributed by atoms with Crippen LogP contribution in [-0.2, 0) is 19.4 Å². The molecular weight excluding hydrogens is 558 g/mol. The van der Waals surface area contributed by atoms with E-state index in [0.29, 0.717) is 36.9 Å². The van der Waals surface area contributed by atoms with Crippen molar-refractivity contribution in [2.45, 2.75) is 57.5 Å². The van der Waals surface area contributed by atoms with Gasteiger partial charge in [-0.1, -0.05) is 36.4 Å². The van der Waals surface area contributed by atoms with E-state index in [-0.39, 0.29) is 23.6 Å². The predicted octanol–water partition coefficient (Wildman–Crippen LogP) is 7.33. The first-order valence-electron chi connectivity index (χ1n) is 15.2. The molecule has 0 radical (unpaired) electrons. The number of ether oxygens (including phenoxy) is 1. The molecule has 0 aromatic heterocycles. The molecule has 0 unspecified atom stereocenters. The summed E-state index contributed by atoms with van der Waals surface area (Å²) in [5.74, 6) is 0.174. The van der Waals surface area contributed by atoms with Gasteiger partial charge in [-0.3, -0.25) is 4.79 Å². The molecule has 3 aliphatic heterocycles. The van der Waals surface area contributed by atoms with E-state index in [2.05, 4.69) is 15.9 Å². The third-order valence-electron chi connectivity index (χ3n) is 8.90.